The Labute approximate surface area is 133 Å². The number of pyridine rings is 1. The maximum Gasteiger partial charge on any atom is 0.341 e. The number of benzene rings is 1. The molecule has 0 unspecified atom stereocenters. The molecule has 1 heterocycles. The summed E-state index contributed by atoms with van der Waals surface area (Å²) in [6.07, 6.45) is 3.45. The predicted molar refractivity (Wildman–Crippen MR) is 86.5 cm³/mol. The van der Waals surface area contributed by atoms with Gasteiger partial charge in [-0.3, -0.25) is 4.79 Å². The zero-order chi connectivity index (χ0) is 16.1. The van der Waals surface area contributed by atoms with E-state index in [1.807, 2.05) is 32.2 Å². The summed E-state index contributed by atoms with van der Waals surface area (Å²) in [4.78, 5) is 28.3. The number of thioether (sulfide) groups is 1. The molecule has 2 rings (SSSR count). The highest BCUT2D eigenvalue weighted by molar-refractivity contribution is 7.98. The average Bonchev–Trinajstić information content (AvgIpc) is 2.52. The van der Waals surface area contributed by atoms with Crippen LogP contribution in [0.1, 0.15) is 31.8 Å². The first kappa shape index (κ1) is 16.2. The molecule has 5 heteroatoms. The standard InChI is InChI=1S/C17H17NO3S/c1-11-6-7-13(12(2)9-11)15(19)10-21-17(20)14-5-4-8-18-16(14)22-3/h4-9H,10H2,1-3H3. The molecular formula is C17H17NO3S. The van der Waals surface area contributed by atoms with Crippen LogP contribution in [-0.4, -0.2) is 29.6 Å². The molecule has 0 fully saturated rings. The topological polar surface area (TPSA) is 56.3 Å². The Hall–Kier alpha value is -2.14. The minimum Gasteiger partial charge on any atom is -0.454 e. The van der Waals surface area contributed by atoms with Crippen LogP contribution in [-0.2, 0) is 4.74 Å². The zero-order valence-electron chi connectivity index (χ0n) is 12.8. The van der Waals surface area contributed by atoms with Crippen LogP contribution >= 0.6 is 11.8 Å². The lowest BCUT2D eigenvalue weighted by molar-refractivity contribution is 0.0470. The Morgan fingerprint density at radius 3 is 2.64 bits per heavy atom. The van der Waals surface area contributed by atoms with E-state index in [0.29, 0.717) is 16.2 Å². The van der Waals surface area contributed by atoms with Gasteiger partial charge in [0.1, 0.15) is 5.03 Å². The summed E-state index contributed by atoms with van der Waals surface area (Å²) in [6.45, 7) is 3.56. The molecule has 1 aromatic carbocycles. The van der Waals surface area contributed by atoms with Gasteiger partial charge in [-0.15, -0.1) is 11.8 Å². The van der Waals surface area contributed by atoms with Gasteiger partial charge < -0.3 is 4.74 Å². The second-order valence-corrected chi connectivity index (χ2v) is 5.67. The molecule has 1 aromatic heterocycles. The number of rotatable bonds is 5. The van der Waals surface area contributed by atoms with E-state index in [2.05, 4.69) is 4.98 Å². The zero-order valence-corrected chi connectivity index (χ0v) is 13.6. The van der Waals surface area contributed by atoms with E-state index in [1.165, 1.54) is 11.8 Å². The molecule has 2 aromatic rings. The number of nitrogens with zero attached hydrogens (tertiary/aromatic N) is 1. The highest BCUT2D eigenvalue weighted by Gasteiger charge is 2.16. The Morgan fingerprint density at radius 2 is 1.95 bits per heavy atom. The van der Waals surface area contributed by atoms with Gasteiger partial charge in [0.25, 0.3) is 0 Å². The Balaban J connectivity index is 2.06. The van der Waals surface area contributed by atoms with Crippen LogP contribution in [0.5, 0.6) is 0 Å². The number of ether oxygens (including phenoxy) is 1. The van der Waals surface area contributed by atoms with E-state index in [1.54, 1.807) is 24.4 Å². The van der Waals surface area contributed by atoms with Crippen LogP contribution in [0.15, 0.2) is 41.6 Å². The molecule has 0 spiro atoms. The van der Waals surface area contributed by atoms with Gasteiger partial charge in [0.15, 0.2) is 6.61 Å². The fourth-order valence-corrected chi connectivity index (χ4v) is 2.66. The van der Waals surface area contributed by atoms with Crippen molar-refractivity contribution >= 4 is 23.5 Å². The SMILES string of the molecule is CSc1ncccc1C(=O)OCC(=O)c1ccc(C)cc1C. The number of hydrogen-bond acceptors (Lipinski definition) is 5. The highest BCUT2D eigenvalue weighted by Crippen LogP contribution is 2.18. The smallest absolute Gasteiger partial charge is 0.341 e. The van der Waals surface area contributed by atoms with E-state index in [9.17, 15) is 9.59 Å². The van der Waals surface area contributed by atoms with Crippen molar-refractivity contribution < 1.29 is 14.3 Å². The lowest BCUT2D eigenvalue weighted by Gasteiger charge is -2.08. The lowest BCUT2D eigenvalue weighted by atomic mass is 10.0. The number of aryl methyl sites for hydroxylation is 2. The average molecular weight is 315 g/mol. The summed E-state index contributed by atoms with van der Waals surface area (Å²) < 4.78 is 5.13. The maximum absolute atomic E-state index is 12.2. The second-order valence-electron chi connectivity index (χ2n) is 4.88. The molecule has 22 heavy (non-hydrogen) atoms. The molecule has 0 aliphatic carbocycles. The van der Waals surface area contributed by atoms with Crippen LogP contribution in [0.25, 0.3) is 0 Å². The van der Waals surface area contributed by atoms with Gasteiger partial charge in [0.2, 0.25) is 5.78 Å². The summed E-state index contributed by atoms with van der Waals surface area (Å²) >= 11 is 1.36. The lowest BCUT2D eigenvalue weighted by Crippen LogP contribution is -2.16. The molecule has 0 atom stereocenters. The predicted octanol–water partition coefficient (Wildman–Crippen LogP) is 3.46. The molecule has 114 valence electrons. The van der Waals surface area contributed by atoms with Gasteiger partial charge in [0.05, 0.1) is 5.56 Å². The molecule has 0 aliphatic rings. The van der Waals surface area contributed by atoms with Crippen molar-refractivity contribution in [1.82, 2.24) is 4.98 Å². The fourth-order valence-electron chi connectivity index (χ4n) is 2.12. The third-order valence-corrected chi connectivity index (χ3v) is 3.91. The monoisotopic (exact) mass is 315 g/mol. The molecule has 0 amide bonds. The first-order valence-electron chi connectivity index (χ1n) is 6.79. The van der Waals surface area contributed by atoms with Crippen molar-refractivity contribution in [3.63, 3.8) is 0 Å². The van der Waals surface area contributed by atoms with Crippen molar-refractivity contribution in [3.8, 4) is 0 Å². The van der Waals surface area contributed by atoms with Crippen molar-refractivity contribution in [2.75, 3.05) is 12.9 Å². The summed E-state index contributed by atoms with van der Waals surface area (Å²) in [7, 11) is 0. The number of esters is 1. The number of ketones is 1. The molecule has 0 aliphatic heterocycles. The summed E-state index contributed by atoms with van der Waals surface area (Å²) in [5, 5.41) is 0.589. The number of aromatic nitrogens is 1. The van der Waals surface area contributed by atoms with Gasteiger partial charge in [0, 0.05) is 11.8 Å². The first-order chi connectivity index (χ1) is 10.5. The van der Waals surface area contributed by atoms with Gasteiger partial charge in [-0.2, -0.15) is 0 Å². The molecule has 0 saturated carbocycles. The van der Waals surface area contributed by atoms with Crippen LogP contribution < -0.4 is 0 Å². The quantitative estimate of drug-likeness (QED) is 0.480. The van der Waals surface area contributed by atoms with Crippen LogP contribution in [0, 0.1) is 13.8 Å². The van der Waals surface area contributed by atoms with Gasteiger partial charge in [-0.05, 0) is 37.8 Å². The summed E-state index contributed by atoms with van der Waals surface area (Å²) in [6, 6.07) is 8.88. The highest BCUT2D eigenvalue weighted by atomic mass is 32.2. The van der Waals surface area contributed by atoms with Crippen LogP contribution in [0.4, 0.5) is 0 Å². The third kappa shape index (κ3) is 3.74. The molecule has 0 saturated heterocycles. The van der Waals surface area contributed by atoms with E-state index in [0.717, 1.165) is 11.1 Å². The van der Waals surface area contributed by atoms with Gasteiger partial charge in [-0.1, -0.05) is 23.8 Å². The largest absolute Gasteiger partial charge is 0.454 e. The number of carbonyl (C=O) groups is 2. The summed E-state index contributed by atoms with van der Waals surface area (Å²) in [5.74, 6) is -0.740. The minimum absolute atomic E-state index is 0.208. The van der Waals surface area contributed by atoms with Crippen LogP contribution in [0.3, 0.4) is 0 Å². The van der Waals surface area contributed by atoms with Crippen molar-refractivity contribution in [2.24, 2.45) is 0 Å². The fraction of sp³-hybridized carbons (Fsp3) is 0.235. The maximum atomic E-state index is 12.2. The van der Waals surface area contributed by atoms with Crippen LogP contribution in [0.2, 0.25) is 0 Å². The summed E-state index contributed by atoms with van der Waals surface area (Å²) in [5.41, 5.74) is 2.93. The van der Waals surface area contributed by atoms with E-state index < -0.39 is 5.97 Å². The number of carbonyl (C=O) groups excluding carboxylic acids is 2. The Morgan fingerprint density at radius 1 is 1.18 bits per heavy atom. The van der Waals surface area contributed by atoms with Crippen molar-refractivity contribution in [1.29, 1.82) is 0 Å². The van der Waals surface area contributed by atoms with E-state index in [4.69, 9.17) is 4.74 Å². The minimum atomic E-state index is -0.532. The Kier molecular flexibility index (Phi) is 5.33. The molecule has 4 nitrogen and oxygen atoms in total. The molecule has 0 radical (unpaired) electrons. The van der Waals surface area contributed by atoms with Crippen molar-refractivity contribution in [2.45, 2.75) is 18.9 Å². The molecule has 0 N–H and O–H groups in total. The molecular weight excluding hydrogens is 298 g/mol. The Bertz CT molecular complexity index is 713. The molecule has 0 bridgehead atoms. The normalized spacial score (nSPS) is 10.3. The number of hydrogen-bond donors (Lipinski definition) is 0. The van der Waals surface area contributed by atoms with E-state index in [-0.39, 0.29) is 12.4 Å². The van der Waals surface area contributed by atoms with Crippen molar-refractivity contribution in [3.05, 3.63) is 58.8 Å². The second kappa shape index (κ2) is 7.22. The number of Topliss-reactive ketones (excluding diaryl/α,β-unsaturated/α-hetero) is 1. The van der Waals surface area contributed by atoms with E-state index >= 15 is 0 Å². The first-order valence-corrected chi connectivity index (χ1v) is 8.02. The van der Waals surface area contributed by atoms with Gasteiger partial charge in [-0.25, -0.2) is 9.78 Å². The third-order valence-electron chi connectivity index (χ3n) is 3.20. The van der Waals surface area contributed by atoms with Gasteiger partial charge >= 0.3 is 5.97 Å².